The van der Waals surface area contributed by atoms with Crippen molar-refractivity contribution in [3.8, 4) is 11.5 Å². The number of methoxy groups -OCH3 is 1. The quantitative estimate of drug-likeness (QED) is 0.222. The van der Waals surface area contributed by atoms with E-state index in [1.54, 1.807) is 7.11 Å². The van der Waals surface area contributed by atoms with Gasteiger partial charge in [0.1, 0.15) is 5.82 Å². The molecule has 0 spiro atoms. The summed E-state index contributed by atoms with van der Waals surface area (Å²) in [5.74, 6) is 3.26. The van der Waals surface area contributed by atoms with E-state index in [4.69, 9.17) is 9.47 Å². The van der Waals surface area contributed by atoms with Crippen molar-refractivity contribution in [2.45, 2.75) is 40.2 Å². The third kappa shape index (κ3) is 7.57. The monoisotopic (exact) mass is 501 g/mol. The number of hydrogen-bond acceptors (Lipinski definition) is 4. The van der Waals surface area contributed by atoms with E-state index in [0.29, 0.717) is 6.61 Å². The van der Waals surface area contributed by atoms with Crippen molar-refractivity contribution in [1.82, 2.24) is 14.9 Å². The molecule has 7 nitrogen and oxygen atoms in total. The van der Waals surface area contributed by atoms with E-state index in [1.807, 2.05) is 44.4 Å². The van der Waals surface area contributed by atoms with Gasteiger partial charge in [-0.05, 0) is 45.7 Å². The summed E-state index contributed by atoms with van der Waals surface area (Å²) in [5.41, 5.74) is 0.910. The second-order valence-electron chi connectivity index (χ2n) is 6.06. The minimum absolute atomic E-state index is 0. The van der Waals surface area contributed by atoms with Gasteiger partial charge >= 0.3 is 0 Å². The number of aromatic nitrogens is 2. The van der Waals surface area contributed by atoms with Crippen LogP contribution in [0, 0.1) is 6.92 Å². The summed E-state index contributed by atoms with van der Waals surface area (Å²) < 4.78 is 13.1. The zero-order chi connectivity index (χ0) is 19.5. The number of rotatable bonds is 10. The number of halogens is 1. The zero-order valence-electron chi connectivity index (χ0n) is 17.2. The number of guanidine groups is 1. The van der Waals surface area contributed by atoms with E-state index in [1.165, 1.54) is 0 Å². The van der Waals surface area contributed by atoms with Gasteiger partial charge in [0.2, 0.25) is 0 Å². The first kappa shape index (κ1) is 24.1. The van der Waals surface area contributed by atoms with E-state index in [2.05, 4.69) is 32.1 Å². The third-order valence-electron chi connectivity index (χ3n) is 4.07. The number of hydrogen-bond donors (Lipinski definition) is 2. The number of imidazole rings is 1. The van der Waals surface area contributed by atoms with E-state index >= 15 is 0 Å². The topological polar surface area (TPSA) is 72.7 Å². The fourth-order valence-corrected chi connectivity index (χ4v) is 2.69. The summed E-state index contributed by atoms with van der Waals surface area (Å²) in [6, 6.07) is 5.78. The maximum Gasteiger partial charge on any atom is 0.195 e. The van der Waals surface area contributed by atoms with Crippen molar-refractivity contribution in [1.29, 1.82) is 0 Å². The molecule has 1 aromatic heterocycles. The van der Waals surface area contributed by atoms with Gasteiger partial charge in [-0.3, -0.25) is 4.99 Å². The van der Waals surface area contributed by atoms with E-state index in [0.717, 1.165) is 61.4 Å². The second-order valence-corrected chi connectivity index (χ2v) is 6.06. The molecule has 2 rings (SSSR count). The van der Waals surface area contributed by atoms with Crippen LogP contribution in [0.1, 0.15) is 32.5 Å². The first-order valence-electron chi connectivity index (χ1n) is 9.51. The summed E-state index contributed by atoms with van der Waals surface area (Å²) in [7, 11) is 1.64. The molecule has 2 N–H and O–H groups in total. The molecule has 28 heavy (non-hydrogen) atoms. The number of ether oxygens (including phenoxy) is 2. The van der Waals surface area contributed by atoms with Crippen LogP contribution in [0.15, 0.2) is 35.6 Å². The minimum atomic E-state index is 0. The Bertz CT molecular complexity index is 733. The molecular weight excluding hydrogens is 469 g/mol. The van der Waals surface area contributed by atoms with Gasteiger partial charge in [0.25, 0.3) is 0 Å². The van der Waals surface area contributed by atoms with Crippen molar-refractivity contribution in [3.05, 3.63) is 36.4 Å². The largest absolute Gasteiger partial charge is 0.493 e. The molecule has 0 fully saturated rings. The Morgan fingerprint density at radius 3 is 2.68 bits per heavy atom. The van der Waals surface area contributed by atoms with Crippen LogP contribution < -0.4 is 20.1 Å². The number of anilines is 1. The lowest BCUT2D eigenvalue weighted by atomic mass is 10.2. The molecule has 156 valence electrons. The molecule has 2 aromatic rings. The highest BCUT2D eigenvalue weighted by atomic mass is 127. The molecule has 0 bridgehead atoms. The van der Waals surface area contributed by atoms with Crippen LogP contribution in [-0.4, -0.2) is 42.3 Å². The Morgan fingerprint density at radius 2 is 2.04 bits per heavy atom. The molecule has 0 aliphatic heterocycles. The summed E-state index contributed by atoms with van der Waals surface area (Å²) in [5, 5.41) is 6.61. The van der Waals surface area contributed by atoms with E-state index in [9.17, 15) is 0 Å². The van der Waals surface area contributed by atoms with Crippen LogP contribution in [0.4, 0.5) is 5.69 Å². The van der Waals surface area contributed by atoms with Gasteiger partial charge in [-0.2, -0.15) is 0 Å². The average molecular weight is 501 g/mol. The fourth-order valence-electron chi connectivity index (χ4n) is 2.69. The summed E-state index contributed by atoms with van der Waals surface area (Å²) in [6.07, 6.45) is 5.94. The lowest BCUT2D eigenvalue weighted by Crippen LogP contribution is -2.30. The third-order valence-corrected chi connectivity index (χ3v) is 4.07. The Morgan fingerprint density at radius 1 is 1.21 bits per heavy atom. The maximum atomic E-state index is 5.64. The number of aryl methyl sites for hydroxylation is 2. The fraction of sp³-hybridized carbons (Fsp3) is 0.500. The molecule has 0 unspecified atom stereocenters. The van der Waals surface area contributed by atoms with Gasteiger partial charge in [0, 0.05) is 43.8 Å². The number of nitrogens with one attached hydrogen (secondary N) is 2. The molecular formula is C20H32IN5O2. The predicted octanol–water partition coefficient (Wildman–Crippen LogP) is 4.07. The Labute approximate surface area is 185 Å². The van der Waals surface area contributed by atoms with Crippen LogP contribution in [0.25, 0.3) is 0 Å². The van der Waals surface area contributed by atoms with E-state index < -0.39 is 0 Å². The predicted molar refractivity (Wildman–Crippen MR) is 125 cm³/mol. The van der Waals surface area contributed by atoms with Crippen LogP contribution in [0.2, 0.25) is 0 Å². The number of nitrogens with zero attached hydrogens (tertiary/aromatic N) is 3. The number of benzene rings is 1. The first-order chi connectivity index (χ1) is 13.2. The summed E-state index contributed by atoms with van der Waals surface area (Å²) in [4.78, 5) is 8.91. The van der Waals surface area contributed by atoms with Crippen LogP contribution >= 0.6 is 24.0 Å². The van der Waals surface area contributed by atoms with Crippen molar-refractivity contribution in [2.24, 2.45) is 4.99 Å². The lowest BCUT2D eigenvalue weighted by molar-refractivity contribution is 0.311. The summed E-state index contributed by atoms with van der Waals surface area (Å²) in [6.45, 7) is 9.16. The first-order valence-corrected chi connectivity index (χ1v) is 9.51. The van der Waals surface area contributed by atoms with Crippen molar-refractivity contribution in [3.63, 3.8) is 0 Å². The van der Waals surface area contributed by atoms with Crippen LogP contribution in [0.5, 0.6) is 11.5 Å². The maximum absolute atomic E-state index is 5.64. The molecule has 8 heteroatoms. The van der Waals surface area contributed by atoms with Crippen molar-refractivity contribution in [2.75, 3.05) is 32.1 Å². The van der Waals surface area contributed by atoms with Gasteiger partial charge < -0.3 is 24.7 Å². The highest BCUT2D eigenvalue weighted by Gasteiger charge is 2.07. The zero-order valence-corrected chi connectivity index (χ0v) is 19.5. The smallest absolute Gasteiger partial charge is 0.195 e. The normalized spacial score (nSPS) is 10.9. The Balaban J connectivity index is 0.00000392. The Hall–Kier alpha value is -1.97. The molecule has 0 saturated heterocycles. The molecule has 0 atom stereocenters. The SMILES string of the molecule is CCNC(=NCCCCn1ccnc1C)Nc1ccc(OC)c(OCC)c1.I. The highest BCUT2D eigenvalue weighted by Crippen LogP contribution is 2.30. The van der Waals surface area contributed by atoms with E-state index in [-0.39, 0.29) is 24.0 Å². The van der Waals surface area contributed by atoms with Gasteiger partial charge in [-0.25, -0.2) is 4.98 Å². The molecule has 1 aromatic carbocycles. The molecule has 0 aliphatic rings. The average Bonchev–Trinajstić information content (AvgIpc) is 3.07. The molecule has 1 heterocycles. The standard InChI is InChI=1S/C20H31N5O2.HI/c1-5-21-20(23-11-7-8-13-25-14-12-22-16(25)3)24-17-9-10-18(26-4)19(15-17)27-6-2;/h9-10,12,14-15H,5-8,11,13H2,1-4H3,(H2,21,23,24);1H. The molecule has 0 radical (unpaired) electrons. The van der Waals surface area contributed by atoms with Crippen LogP contribution in [-0.2, 0) is 6.54 Å². The van der Waals surface area contributed by atoms with Crippen molar-refractivity contribution < 1.29 is 9.47 Å². The number of aliphatic imine (C=N–C) groups is 1. The summed E-state index contributed by atoms with van der Waals surface area (Å²) >= 11 is 0. The second kappa shape index (κ2) is 13.2. The molecule has 0 amide bonds. The number of unbranched alkanes of at least 4 members (excludes halogenated alkanes) is 1. The Kier molecular flexibility index (Phi) is 11.4. The van der Waals surface area contributed by atoms with Crippen LogP contribution in [0.3, 0.4) is 0 Å². The minimum Gasteiger partial charge on any atom is -0.493 e. The molecule has 0 aliphatic carbocycles. The van der Waals surface area contributed by atoms with Gasteiger partial charge in [-0.1, -0.05) is 0 Å². The van der Waals surface area contributed by atoms with Gasteiger partial charge in [-0.15, -0.1) is 24.0 Å². The van der Waals surface area contributed by atoms with Gasteiger partial charge in [0.05, 0.1) is 13.7 Å². The molecule has 0 saturated carbocycles. The lowest BCUT2D eigenvalue weighted by Gasteiger charge is -2.14. The van der Waals surface area contributed by atoms with Crippen molar-refractivity contribution >= 4 is 35.6 Å². The van der Waals surface area contributed by atoms with Gasteiger partial charge in [0.15, 0.2) is 17.5 Å². The highest BCUT2D eigenvalue weighted by molar-refractivity contribution is 14.0.